The van der Waals surface area contributed by atoms with Gasteiger partial charge in [0.1, 0.15) is 0 Å². The zero-order valence-electron chi connectivity index (χ0n) is 62.6. The zero-order chi connectivity index (χ0) is 75.2. The monoisotopic (exact) mass is 1440 g/mol. The van der Waals surface area contributed by atoms with Crippen molar-refractivity contribution >= 4 is 162 Å². The number of rotatable bonds is 6. The maximum absolute atomic E-state index is 2.42. The lowest BCUT2D eigenvalue weighted by molar-refractivity contribution is 1.64. The van der Waals surface area contributed by atoms with Crippen LogP contribution in [0, 0.1) is 0 Å². The molecule has 0 aliphatic carbocycles. The minimum atomic E-state index is 1.24. The van der Waals surface area contributed by atoms with E-state index in [0.29, 0.717) is 0 Å². The molecular formula is C114H72. The third-order valence-electron chi connectivity index (χ3n) is 24.0. The van der Waals surface area contributed by atoms with Gasteiger partial charge in [0.05, 0.1) is 0 Å². The molecule has 24 rings (SSSR count). The van der Waals surface area contributed by atoms with Gasteiger partial charge >= 0.3 is 0 Å². The SMILES string of the molecule is c1ccc(-c2cc(-c3cc4ccccc4c4ccccc34)cc3c4ccccc4c4ccccc4c23)cc1.c1ccc(-c2cc(-c3ccc4c5ccccc5c5ccccc5c4c3)cc3c4ccccc4c4ccccc4c23)cc1.c1ccc(-c2cc(-c3cccc4ccccc34)cc3c4ccccc4c4ccccc4c23)cc1. The Morgan fingerprint density at radius 1 is 0.0877 bits per heavy atom. The molecule has 528 valence electrons. The van der Waals surface area contributed by atoms with Crippen molar-refractivity contribution in [2.24, 2.45) is 0 Å². The van der Waals surface area contributed by atoms with E-state index in [1.165, 1.54) is 228 Å². The fraction of sp³-hybridized carbons (Fsp3) is 0. The predicted molar refractivity (Wildman–Crippen MR) is 495 cm³/mol. The van der Waals surface area contributed by atoms with E-state index in [1.54, 1.807) is 0 Å². The van der Waals surface area contributed by atoms with Crippen LogP contribution in [0.15, 0.2) is 437 Å². The Bertz CT molecular complexity index is 7970. The molecule has 0 fully saturated rings. The molecular weight excluding hydrogens is 1370 g/mol. The van der Waals surface area contributed by atoms with Gasteiger partial charge in [0, 0.05) is 0 Å². The summed E-state index contributed by atoms with van der Waals surface area (Å²) in [6, 6.07) is 160. The van der Waals surface area contributed by atoms with Gasteiger partial charge < -0.3 is 0 Å². The number of hydrogen-bond donors (Lipinski definition) is 0. The van der Waals surface area contributed by atoms with E-state index in [-0.39, 0.29) is 0 Å². The van der Waals surface area contributed by atoms with Crippen molar-refractivity contribution in [3.8, 4) is 66.8 Å². The summed E-state index contributed by atoms with van der Waals surface area (Å²) >= 11 is 0. The van der Waals surface area contributed by atoms with E-state index in [4.69, 9.17) is 0 Å². The molecule has 0 heterocycles. The summed E-state index contributed by atoms with van der Waals surface area (Å²) in [5.41, 5.74) is 15.1. The second-order valence-corrected chi connectivity index (χ2v) is 30.3. The summed E-state index contributed by atoms with van der Waals surface area (Å²) in [6.45, 7) is 0. The van der Waals surface area contributed by atoms with E-state index in [0.717, 1.165) is 0 Å². The summed E-state index contributed by atoms with van der Waals surface area (Å²) in [7, 11) is 0. The van der Waals surface area contributed by atoms with Crippen LogP contribution in [0.5, 0.6) is 0 Å². The van der Waals surface area contributed by atoms with Crippen LogP contribution in [-0.4, -0.2) is 0 Å². The first-order valence-corrected chi connectivity index (χ1v) is 39.6. The van der Waals surface area contributed by atoms with Gasteiger partial charge in [0.25, 0.3) is 0 Å². The van der Waals surface area contributed by atoms with Crippen molar-refractivity contribution < 1.29 is 0 Å². The average molecular weight is 1440 g/mol. The van der Waals surface area contributed by atoms with Gasteiger partial charge in [-0.1, -0.05) is 388 Å². The summed E-state index contributed by atoms with van der Waals surface area (Å²) in [6.07, 6.45) is 0. The van der Waals surface area contributed by atoms with Gasteiger partial charge in [-0.2, -0.15) is 0 Å². The van der Waals surface area contributed by atoms with Crippen molar-refractivity contribution in [2.45, 2.75) is 0 Å². The molecule has 0 aromatic heterocycles. The van der Waals surface area contributed by atoms with Gasteiger partial charge in [-0.25, -0.2) is 0 Å². The Balaban J connectivity index is 0.000000105. The first kappa shape index (κ1) is 66.2. The normalized spacial score (nSPS) is 11.7. The third-order valence-corrected chi connectivity index (χ3v) is 24.0. The highest BCUT2D eigenvalue weighted by Crippen LogP contribution is 2.49. The highest BCUT2D eigenvalue weighted by molar-refractivity contribution is 6.33. The van der Waals surface area contributed by atoms with Crippen LogP contribution in [0.1, 0.15) is 0 Å². The molecule has 0 aliphatic heterocycles. The van der Waals surface area contributed by atoms with Gasteiger partial charge in [0.15, 0.2) is 0 Å². The van der Waals surface area contributed by atoms with E-state index in [2.05, 4.69) is 437 Å². The van der Waals surface area contributed by atoms with Crippen LogP contribution in [0.4, 0.5) is 0 Å². The van der Waals surface area contributed by atoms with Crippen LogP contribution in [0.2, 0.25) is 0 Å². The third kappa shape index (κ3) is 11.1. The van der Waals surface area contributed by atoms with Crippen LogP contribution >= 0.6 is 0 Å². The van der Waals surface area contributed by atoms with E-state index >= 15 is 0 Å². The molecule has 24 aromatic rings. The van der Waals surface area contributed by atoms with Crippen molar-refractivity contribution in [1.82, 2.24) is 0 Å². The maximum Gasteiger partial charge on any atom is -0.00199 e. The molecule has 0 unspecified atom stereocenters. The van der Waals surface area contributed by atoms with Crippen LogP contribution in [0.3, 0.4) is 0 Å². The minimum Gasteiger partial charge on any atom is -0.0622 e. The summed E-state index contributed by atoms with van der Waals surface area (Å²) in [4.78, 5) is 0. The fourth-order valence-electron chi connectivity index (χ4n) is 19.0. The summed E-state index contributed by atoms with van der Waals surface area (Å²) in [5.74, 6) is 0. The van der Waals surface area contributed by atoms with Crippen molar-refractivity contribution in [3.63, 3.8) is 0 Å². The molecule has 0 spiro atoms. The molecule has 0 amide bonds. The molecule has 0 saturated carbocycles. The van der Waals surface area contributed by atoms with Crippen molar-refractivity contribution in [2.75, 3.05) is 0 Å². The zero-order valence-corrected chi connectivity index (χ0v) is 62.6. The topological polar surface area (TPSA) is 0 Å². The standard InChI is InChI=1S/C42H26.C38H24.C34H22/c1-2-12-27(13-3-1)39-25-29(26-41-36-20-9-7-17-33(36)34-18-10-11-21-38(34)42(39)41)28-22-23-37-32-16-5-4-14-30(32)31-15-6-8-19-35(31)40(37)24-28;1-2-12-25(13-3-1)36-23-27(35-22-26-14-4-5-15-28(26)29-16-6-8-19-32(29)35)24-37-33-20-9-7-17-30(33)31-18-10-11-21-34(31)38(36)37;1-2-11-24(12-3-1)32-21-25(27-20-10-14-23-13-4-5-15-26(23)27)22-33-30-18-7-6-16-28(30)29-17-8-9-19-31(29)34(32)33/h1-26H;1-24H;1-22H. The quantitative estimate of drug-likeness (QED) is 0.146. The molecule has 0 radical (unpaired) electrons. The molecule has 0 nitrogen and oxygen atoms in total. The highest BCUT2D eigenvalue weighted by Gasteiger charge is 2.22. The Kier molecular flexibility index (Phi) is 16.0. The maximum atomic E-state index is 2.42. The van der Waals surface area contributed by atoms with Gasteiger partial charge in [-0.15, -0.1) is 0 Å². The molecule has 0 saturated heterocycles. The largest absolute Gasteiger partial charge is 0.0622 e. The lowest BCUT2D eigenvalue weighted by Crippen LogP contribution is -1.91. The Labute approximate surface area is 660 Å². The first-order valence-electron chi connectivity index (χ1n) is 39.6. The summed E-state index contributed by atoms with van der Waals surface area (Å²) in [5, 5.41) is 39.0. The highest BCUT2D eigenvalue weighted by atomic mass is 14.2. The molecule has 24 aromatic carbocycles. The second-order valence-electron chi connectivity index (χ2n) is 30.3. The average Bonchev–Trinajstić information content (AvgIpc) is 0.733. The molecule has 0 N–H and O–H groups in total. The lowest BCUT2D eigenvalue weighted by atomic mass is 9.85. The second kappa shape index (κ2) is 27.6. The van der Waals surface area contributed by atoms with Gasteiger partial charge in [-0.05, 0) is 277 Å². The number of hydrogen-bond acceptors (Lipinski definition) is 0. The first-order chi connectivity index (χ1) is 56.6. The van der Waals surface area contributed by atoms with Crippen LogP contribution in [0.25, 0.3) is 228 Å². The van der Waals surface area contributed by atoms with E-state index < -0.39 is 0 Å². The van der Waals surface area contributed by atoms with Crippen molar-refractivity contribution in [3.05, 3.63) is 437 Å². The van der Waals surface area contributed by atoms with Gasteiger partial charge in [-0.3, -0.25) is 0 Å². The molecule has 0 atom stereocenters. The van der Waals surface area contributed by atoms with Gasteiger partial charge in [0.2, 0.25) is 0 Å². The van der Waals surface area contributed by atoms with E-state index in [1.807, 2.05) is 0 Å². The Morgan fingerprint density at radius 3 is 0.746 bits per heavy atom. The number of fused-ring (bicyclic) bond motifs is 28. The van der Waals surface area contributed by atoms with E-state index in [9.17, 15) is 0 Å². The number of benzene rings is 24. The summed E-state index contributed by atoms with van der Waals surface area (Å²) < 4.78 is 0. The molecule has 0 aliphatic rings. The van der Waals surface area contributed by atoms with Crippen molar-refractivity contribution in [1.29, 1.82) is 0 Å². The minimum absolute atomic E-state index is 1.24. The fourth-order valence-corrected chi connectivity index (χ4v) is 19.0. The molecule has 114 heavy (non-hydrogen) atoms. The lowest BCUT2D eigenvalue weighted by Gasteiger charge is -2.18. The Hall–Kier alpha value is -14.8. The molecule has 0 bridgehead atoms. The smallest absolute Gasteiger partial charge is 0.00199 e. The van der Waals surface area contributed by atoms with Crippen LogP contribution in [-0.2, 0) is 0 Å². The van der Waals surface area contributed by atoms with Crippen LogP contribution < -0.4 is 0 Å². The predicted octanol–water partition coefficient (Wildman–Crippen LogP) is 32.4. The molecule has 0 heteroatoms. The Morgan fingerprint density at radius 2 is 0.342 bits per heavy atom.